The van der Waals surface area contributed by atoms with Gasteiger partial charge < -0.3 is 4.74 Å². The second-order valence-electron chi connectivity index (χ2n) is 4.38. The predicted octanol–water partition coefficient (Wildman–Crippen LogP) is 2.45. The molecule has 1 atom stereocenters. The average Bonchev–Trinajstić information content (AvgIpc) is 2.40. The second-order valence-corrected chi connectivity index (χ2v) is 4.38. The summed E-state index contributed by atoms with van der Waals surface area (Å²) < 4.78 is 5.28. The van der Waals surface area contributed by atoms with Crippen molar-refractivity contribution in [1.82, 2.24) is 0 Å². The smallest absolute Gasteiger partial charge is 0.306 e. The first-order valence-corrected chi connectivity index (χ1v) is 6.18. The Morgan fingerprint density at radius 2 is 2.06 bits per heavy atom. The number of carbonyl (C=O) groups is 2. The van der Waals surface area contributed by atoms with Crippen molar-refractivity contribution in [3.63, 3.8) is 0 Å². The van der Waals surface area contributed by atoms with Crippen LogP contribution in [0.25, 0.3) is 0 Å². The molecule has 0 heterocycles. The van der Waals surface area contributed by atoms with E-state index in [-0.39, 0.29) is 17.9 Å². The van der Waals surface area contributed by atoms with Gasteiger partial charge in [0.05, 0.1) is 0 Å². The molecule has 0 aromatic heterocycles. The molecule has 0 saturated heterocycles. The molecule has 3 heteroatoms. The Balaban J connectivity index is 1.76. The van der Waals surface area contributed by atoms with Gasteiger partial charge in [0.25, 0.3) is 0 Å². The van der Waals surface area contributed by atoms with E-state index in [2.05, 4.69) is 0 Å². The molecule has 94 valence electrons. The highest BCUT2D eigenvalue weighted by Gasteiger charge is 2.16. The van der Waals surface area contributed by atoms with E-state index in [0.717, 1.165) is 5.56 Å². The van der Waals surface area contributed by atoms with Gasteiger partial charge in [0.2, 0.25) is 0 Å². The molecule has 0 spiro atoms. The highest BCUT2D eigenvalue weighted by atomic mass is 16.5. The molecule has 0 amide bonds. The van der Waals surface area contributed by atoms with Gasteiger partial charge in [-0.1, -0.05) is 30.3 Å². The normalized spacial score (nSPS) is 18.7. The van der Waals surface area contributed by atoms with Crippen LogP contribution >= 0.6 is 0 Å². The number of hydrogen-bond acceptors (Lipinski definition) is 3. The Hall–Kier alpha value is -1.90. The maximum atomic E-state index is 11.6. The van der Waals surface area contributed by atoms with E-state index >= 15 is 0 Å². The van der Waals surface area contributed by atoms with Gasteiger partial charge in [-0.05, 0) is 30.6 Å². The van der Waals surface area contributed by atoms with E-state index in [1.165, 1.54) is 6.08 Å². The molecule has 1 aliphatic carbocycles. The molecule has 0 radical (unpaired) electrons. The van der Waals surface area contributed by atoms with Crippen LogP contribution in [-0.4, -0.2) is 17.9 Å². The van der Waals surface area contributed by atoms with Gasteiger partial charge in [0.1, 0.15) is 6.10 Å². The predicted molar refractivity (Wildman–Crippen MR) is 68.0 cm³/mol. The molecule has 3 nitrogen and oxygen atoms in total. The highest BCUT2D eigenvalue weighted by molar-refractivity contribution is 5.90. The van der Waals surface area contributed by atoms with Crippen LogP contribution in [0.5, 0.6) is 0 Å². The standard InChI is InChI=1S/C15H16O3/c16-13-7-9-14(10-8-13)18-15(17)11-6-12-4-2-1-3-5-12/h1-5,7,9,14H,6,8,10-11H2/t14-/m0/s1. The lowest BCUT2D eigenvalue weighted by Crippen LogP contribution is -2.20. The Morgan fingerprint density at radius 1 is 1.28 bits per heavy atom. The third-order valence-corrected chi connectivity index (χ3v) is 2.92. The van der Waals surface area contributed by atoms with E-state index in [1.807, 2.05) is 30.3 Å². The maximum absolute atomic E-state index is 11.6. The van der Waals surface area contributed by atoms with Crippen molar-refractivity contribution >= 4 is 11.8 Å². The number of rotatable bonds is 4. The minimum Gasteiger partial charge on any atom is -0.458 e. The van der Waals surface area contributed by atoms with E-state index in [9.17, 15) is 9.59 Å². The quantitative estimate of drug-likeness (QED) is 0.764. The number of benzene rings is 1. The Morgan fingerprint density at radius 3 is 2.72 bits per heavy atom. The van der Waals surface area contributed by atoms with E-state index < -0.39 is 0 Å². The molecule has 0 aliphatic heterocycles. The molecule has 0 fully saturated rings. The molecule has 2 rings (SSSR count). The second kappa shape index (κ2) is 6.15. The molecular weight excluding hydrogens is 228 g/mol. The first-order valence-electron chi connectivity index (χ1n) is 6.18. The molecule has 0 N–H and O–H groups in total. The molecule has 18 heavy (non-hydrogen) atoms. The fraction of sp³-hybridized carbons (Fsp3) is 0.333. The first-order chi connectivity index (χ1) is 8.74. The van der Waals surface area contributed by atoms with Crippen molar-refractivity contribution < 1.29 is 14.3 Å². The third kappa shape index (κ3) is 3.84. The third-order valence-electron chi connectivity index (χ3n) is 2.92. The van der Waals surface area contributed by atoms with Crippen LogP contribution in [0.4, 0.5) is 0 Å². The molecule has 1 aliphatic rings. The van der Waals surface area contributed by atoms with Gasteiger partial charge in [0, 0.05) is 12.8 Å². The monoisotopic (exact) mass is 244 g/mol. The van der Waals surface area contributed by atoms with Crippen molar-refractivity contribution in [1.29, 1.82) is 0 Å². The van der Waals surface area contributed by atoms with Crippen LogP contribution in [0, 0.1) is 0 Å². The lowest BCUT2D eigenvalue weighted by atomic mass is 10.0. The summed E-state index contributed by atoms with van der Waals surface area (Å²) in [6.07, 6.45) is 5.08. The summed E-state index contributed by atoms with van der Waals surface area (Å²) in [5, 5.41) is 0. The summed E-state index contributed by atoms with van der Waals surface area (Å²) in [7, 11) is 0. The minimum absolute atomic E-state index is 0.103. The largest absolute Gasteiger partial charge is 0.458 e. The fourth-order valence-corrected chi connectivity index (χ4v) is 1.90. The maximum Gasteiger partial charge on any atom is 0.306 e. The highest BCUT2D eigenvalue weighted by Crippen LogP contribution is 2.13. The van der Waals surface area contributed by atoms with Gasteiger partial charge in [-0.25, -0.2) is 0 Å². The van der Waals surface area contributed by atoms with Crippen molar-refractivity contribution in [2.24, 2.45) is 0 Å². The number of allylic oxidation sites excluding steroid dienone is 1. The van der Waals surface area contributed by atoms with Crippen molar-refractivity contribution in [3.8, 4) is 0 Å². The number of ketones is 1. The number of hydrogen-bond donors (Lipinski definition) is 0. The summed E-state index contributed by atoms with van der Waals surface area (Å²) in [6, 6.07) is 9.84. The summed E-state index contributed by atoms with van der Waals surface area (Å²) in [4.78, 5) is 22.6. The summed E-state index contributed by atoms with van der Waals surface area (Å²) in [6.45, 7) is 0. The molecule has 0 saturated carbocycles. The molecule has 1 aromatic rings. The van der Waals surface area contributed by atoms with E-state index in [1.54, 1.807) is 6.08 Å². The number of aryl methyl sites for hydroxylation is 1. The summed E-state index contributed by atoms with van der Waals surface area (Å²) in [5.74, 6) is -0.102. The number of ether oxygens (including phenoxy) is 1. The zero-order valence-corrected chi connectivity index (χ0v) is 10.2. The minimum atomic E-state index is -0.231. The van der Waals surface area contributed by atoms with Gasteiger partial charge in [-0.2, -0.15) is 0 Å². The lowest BCUT2D eigenvalue weighted by molar-refractivity contribution is -0.147. The fourth-order valence-electron chi connectivity index (χ4n) is 1.90. The van der Waals surface area contributed by atoms with Gasteiger partial charge in [-0.3, -0.25) is 9.59 Å². The Kier molecular flexibility index (Phi) is 4.29. The molecule has 0 unspecified atom stereocenters. The van der Waals surface area contributed by atoms with Crippen LogP contribution in [0.2, 0.25) is 0 Å². The van der Waals surface area contributed by atoms with Crippen LogP contribution in [0.1, 0.15) is 24.8 Å². The van der Waals surface area contributed by atoms with Gasteiger partial charge in [0.15, 0.2) is 5.78 Å². The molecule has 1 aromatic carbocycles. The summed E-state index contributed by atoms with van der Waals surface area (Å²) >= 11 is 0. The zero-order chi connectivity index (χ0) is 12.8. The van der Waals surface area contributed by atoms with E-state index in [4.69, 9.17) is 4.74 Å². The number of carbonyl (C=O) groups excluding carboxylic acids is 2. The average molecular weight is 244 g/mol. The Labute approximate surface area is 106 Å². The first kappa shape index (κ1) is 12.6. The van der Waals surface area contributed by atoms with E-state index in [0.29, 0.717) is 25.7 Å². The summed E-state index contributed by atoms with van der Waals surface area (Å²) in [5.41, 5.74) is 1.13. The van der Waals surface area contributed by atoms with Crippen molar-refractivity contribution in [3.05, 3.63) is 48.0 Å². The molecular formula is C15H16O3. The van der Waals surface area contributed by atoms with Gasteiger partial charge in [-0.15, -0.1) is 0 Å². The SMILES string of the molecule is O=C1C=C[C@H](OC(=O)CCc2ccccc2)CC1. The zero-order valence-electron chi connectivity index (χ0n) is 10.2. The lowest BCUT2D eigenvalue weighted by Gasteiger charge is -2.16. The Bertz CT molecular complexity index is 448. The number of esters is 1. The van der Waals surface area contributed by atoms with Gasteiger partial charge >= 0.3 is 5.97 Å². The van der Waals surface area contributed by atoms with Crippen LogP contribution < -0.4 is 0 Å². The van der Waals surface area contributed by atoms with Crippen LogP contribution in [0.15, 0.2) is 42.5 Å². The van der Waals surface area contributed by atoms with Crippen LogP contribution in [-0.2, 0) is 20.7 Å². The van der Waals surface area contributed by atoms with Crippen molar-refractivity contribution in [2.75, 3.05) is 0 Å². The topological polar surface area (TPSA) is 43.4 Å². The van der Waals surface area contributed by atoms with Crippen molar-refractivity contribution in [2.45, 2.75) is 31.8 Å². The molecule has 0 bridgehead atoms. The van der Waals surface area contributed by atoms with Crippen LogP contribution in [0.3, 0.4) is 0 Å².